The van der Waals surface area contributed by atoms with E-state index in [1.165, 1.54) is 24.3 Å². The van der Waals surface area contributed by atoms with Gasteiger partial charge in [-0.3, -0.25) is 4.79 Å². The highest BCUT2D eigenvalue weighted by atomic mass is 35.5. The Kier molecular flexibility index (Phi) is 4.35. The van der Waals surface area contributed by atoms with Gasteiger partial charge in [0.25, 0.3) is 0 Å². The fraction of sp³-hybridized carbons (Fsp3) is 0.0714. The van der Waals surface area contributed by atoms with Crippen LogP contribution >= 0.6 is 23.2 Å². The van der Waals surface area contributed by atoms with Crippen molar-refractivity contribution in [2.24, 2.45) is 0 Å². The van der Waals surface area contributed by atoms with Crippen molar-refractivity contribution in [3.63, 3.8) is 0 Å². The van der Waals surface area contributed by atoms with Gasteiger partial charge in [0.05, 0.1) is 0 Å². The highest BCUT2D eigenvalue weighted by molar-refractivity contribution is 6.55. The summed E-state index contributed by atoms with van der Waals surface area (Å²) in [6.07, 6.45) is 0. The zero-order chi connectivity index (χ0) is 14.9. The minimum Gasteiger partial charge on any atom is -0.291 e. The number of benzene rings is 2. The van der Waals surface area contributed by atoms with E-state index in [9.17, 15) is 18.0 Å². The molecule has 0 atom stereocenters. The summed E-state index contributed by atoms with van der Waals surface area (Å²) in [6, 6.07) is 6.96. The number of carbonyl (C=O) groups is 1. The first-order valence-corrected chi connectivity index (χ1v) is 6.35. The second kappa shape index (κ2) is 5.85. The lowest BCUT2D eigenvalue weighted by molar-refractivity contribution is 0.101. The number of hydrogen-bond acceptors (Lipinski definition) is 1. The van der Waals surface area contributed by atoms with Crippen LogP contribution in [-0.2, 0) is 0 Å². The Labute approximate surface area is 122 Å². The van der Waals surface area contributed by atoms with Crippen molar-refractivity contribution in [2.75, 3.05) is 0 Å². The van der Waals surface area contributed by atoms with Crippen LogP contribution in [0.5, 0.6) is 0 Å². The molecule has 2 aromatic rings. The lowest BCUT2D eigenvalue weighted by Gasteiger charge is -2.10. The maximum Gasteiger partial charge on any atom is 0.196 e. The van der Waals surface area contributed by atoms with Gasteiger partial charge in [0, 0.05) is 17.2 Å². The first-order chi connectivity index (χ1) is 9.41. The third-order valence-electron chi connectivity index (χ3n) is 2.69. The normalized spacial score (nSPS) is 10.9. The van der Waals surface area contributed by atoms with Gasteiger partial charge in [-0.15, -0.1) is 0 Å². The molecule has 20 heavy (non-hydrogen) atoms. The summed E-state index contributed by atoms with van der Waals surface area (Å²) in [5.74, 6) is -4.14. The average Bonchev–Trinajstić information content (AvgIpc) is 2.42. The topological polar surface area (TPSA) is 17.1 Å². The Morgan fingerprint density at radius 1 is 0.900 bits per heavy atom. The van der Waals surface area contributed by atoms with Crippen molar-refractivity contribution in [1.82, 2.24) is 0 Å². The molecule has 0 heterocycles. The fourth-order valence-corrected chi connectivity index (χ4v) is 2.01. The maximum absolute atomic E-state index is 13.8. The van der Waals surface area contributed by atoms with Crippen LogP contribution in [0.15, 0.2) is 36.4 Å². The van der Waals surface area contributed by atoms with Crippen molar-refractivity contribution in [2.45, 2.75) is 4.84 Å². The number of Topliss-reactive ketones (excluding diaryl/α,β-unsaturated/α-hetero) is 1. The Morgan fingerprint density at radius 3 is 2.15 bits per heavy atom. The molecule has 0 fully saturated rings. The van der Waals surface area contributed by atoms with E-state index in [1.807, 2.05) is 0 Å². The molecule has 104 valence electrons. The predicted molar refractivity (Wildman–Crippen MR) is 71.6 cm³/mol. The maximum atomic E-state index is 13.8. The summed E-state index contributed by atoms with van der Waals surface area (Å²) >= 11 is 11.0. The van der Waals surface area contributed by atoms with E-state index in [2.05, 4.69) is 0 Å². The Bertz CT molecular complexity index is 671. The number of alkyl halides is 2. The number of ketones is 1. The smallest absolute Gasteiger partial charge is 0.196 e. The molecule has 0 amide bonds. The molecular formula is C14H7Cl2F3O. The van der Waals surface area contributed by atoms with Gasteiger partial charge in [0.1, 0.15) is 5.82 Å². The zero-order valence-corrected chi connectivity index (χ0v) is 11.4. The van der Waals surface area contributed by atoms with Crippen molar-refractivity contribution >= 4 is 29.0 Å². The molecule has 0 unspecified atom stereocenters. The first kappa shape index (κ1) is 14.9. The second-order valence-electron chi connectivity index (χ2n) is 3.96. The van der Waals surface area contributed by atoms with Crippen molar-refractivity contribution < 1.29 is 18.0 Å². The Morgan fingerprint density at radius 2 is 1.50 bits per heavy atom. The minimum absolute atomic E-state index is 0.0346. The third kappa shape index (κ3) is 2.81. The number of halogens is 5. The van der Waals surface area contributed by atoms with Crippen molar-refractivity contribution in [3.05, 3.63) is 59.4 Å². The summed E-state index contributed by atoms with van der Waals surface area (Å²) in [5, 5.41) is 0. The second-order valence-corrected chi connectivity index (χ2v) is 5.05. The van der Waals surface area contributed by atoms with Gasteiger partial charge < -0.3 is 0 Å². The summed E-state index contributed by atoms with van der Waals surface area (Å²) in [5.41, 5.74) is -0.102. The Balaban J connectivity index is 2.65. The van der Waals surface area contributed by atoms with Gasteiger partial charge in [-0.2, -0.15) is 0 Å². The van der Waals surface area contributed by atoms with Crippen molar-refractivity contribution in [3.8, 4) is 11.1 Å². The molecule has 0 saturated heterocycles. The fourth-order valence-electron chi connectivity index (χ4n) is 1.78. The van der Waals surface area contributed by atoms with Crippen LogP contribution in [0.4, 0.5) is 13.2 Å². The summed E-state index contributed by atoms with van der Waals surface area (Å²) in [7, 11) is 0. The van der Waals surface area contributed by atoms with Gasteiger partial charge >= 0.3 is 0 Å². The first-order valence-electron chi connectivity index (χ1n) is 5.48. The number of carbonyl (C=O) groups excluding carboxylic acids is 1. The predicted octanol–water partition coefficient (Wildman–Crippen LogP) is 4.76. The monoisotopic (exact) mass is 318 g/mol. The van der Waals surface area contributed by atoms with Crippen LogP contribution in [-0.4, -0.2) is 10.6 Å². The van der Waals surface area contributed by atoms with Gasteiger partial charge in [-0.1, -0.05) is 47.5 Å². The van der Waals surface area contributed by atoms with Gasteiger partial charge in [-0.25, -0.2) is 13.2 Å². The van der Waals surface area contributed by atoms with E-state index in [0.717, 1.165) is 0 Å². The van der Waals surface area contributed by atoms with Crippen LogP contribution in [0.3, 0.4) is 0 Å². The van der Waals surface area contributed by atoms with E-state index in [-0.39, 0.29) is 16.7 Å². The van der Waals surface area contributed by atoms with E-state index < -0.39 is 28.1 Å². The quantitative estimate of drug-likeness (QED) is 0.453. The van der Waals surface area contributed by atoms with Crippen LogP contribution in [0.25, 0.3) is 11.1 Å². The number of hydrogen-bond donors (Lipinski definition) is 0. The molecule has 6 heteroatoms. The van der Waals surface area contributed by atoms with Crippen LogP contribution in [0.1, 0.15) is 10.4 Å². The molecule has 0 radical (unpaired) electrons. The van der Waals surface area contributed by atoms with Crippen LogP contribution in [0, 0.1) is 17.5 Å². The summed E-state index contributed by atoms with van der Waals surface area (Å²) in [6.45, 7) is 0. The zero-order valence-electron chi connectivity index (χ0n) is 9.84. The highest BCUT2D eigenvalue weighted by Gasteiger charge is 2.21. The lowest BCUT2D eigenvalue weighted by atomic mass is 9.97. The minimum atomic E-state index is -1.33. The molecule has 0 N–H and O–H groups in total. The molecule has 0 aliphatic rings. The Hall–Kier alpha value is -1.52. The molecule has 0 aliphatic carbocycles. The molecule has 0 spiro atoms. The van der Waals surface area contributed by atoms with Crippen molar-refractivity contribution in [1.29, 1.82) is 0 Å². The molecule has 0 aliphatic heterocycles. The van der Waals surface area contributed by atoms with E-state index in [4.69, 9.17) is 23.2 Å². The average molecular weight is 319 g/mol. The summed E-state index contributed by atoms with van der Waals surface area (Å²) < 4.78 is 40.0. The number of rotatable bonds is 3. The molecule has 1 nitrogen and oxygen atoms in total. The summed E-state index contributed by atoms with van der Waals surface area (Å²) in [4.78, 5) is 10.5. The highest BCUT2D eigenvalue weighted by Crippen LogP contribution is 2.30. The molecular weight excluding hydrogens is 312 g/mol. The SMILES string of the molecule is O=C(c1ccccc1-c1cc(F)c(F)cc1F)C(Cl)Cl. The van der Waals surface area contributed by atoms with E-state index in [1.54, 1.807) is 0 Å². The molecule has 0 saturated carbocycles. The standard InChI is InChI=1S/C14H7Cl2F3O/c15-14(16)13(20)8-4-2-1-3-7(8)9-5-11(18)12(19)6-10(9)17/h1-6,14H. The van der Waals surface area contributed by atoms with E-state index >= 15 is 0 Å². The van der Waals surface area contributed by atoms with E-state index in [0.29, 0.717) is 12.1 Å². The van der Waals surface area contributed by atoms with Crippen LogP contribution in [0.2, 0.25) is 0 Å². The molecule has 2 rings (SSSR count). The van der Waals surface area contributed by atoms with Crippen LogP contribution < -0.4 is 0 Å². The molecule has 2 aromatic carbocycles. The lowest BCUT2D eigenvalue weighted by Crippen LogP contribution is -2.10. The third-order valence-corrected chi connectivity index (χ3v) is 3.09. The van der Waals surface area contributed by atoms with Gasteiger partial charge in [0.15, 0.2) is 22.3 Å². The molecule has 0 bridgehead atoms. The van der Waals surface area contributed by atoms with Gasteiger partial charge in [-0.05, 0) is 11.6 Å². The molecule has 0 aromatic heterocycles. The largest absolute Gasteiger partial charge is 0.291 e. The van der Waals surface area contributed by atoms with Gasteiger partial charge in [0.2, 0.25) is 0 Å².